The van der Waals surface area contributed by atoms with Crippen molar-refractivity contribution < 1.29 is 14.1 Å². The van der Waals surface area contributed by atoms with Crippen molar-refractivity contribution in [1.29, 1.82) is 0 Å². The fourth-order valence-electron chi connectivity index (χ4n) is 1.80. The number of nitro benzene ring substituents is 1. The largest absolute Gasteiger partial charge is 0.488 e. The van der Waals surface area contributed by atoms with Crippen molar-refractivity contribution in [1.82, 2.24) is 0 Å². The summed E-state index contributed by atoms with van der Waals surface area (Å²) in [5, 5.41) is 11.3. The maximum Gasteiger partial charge on any atom is 0.276 e. The minimum absolute atomic E-state index is 0.0631. The quantitative estimate of drug-likeness (QED) is 0.453. The Morgan fingerprint density at radius 2 is 1.95 bits per heavy atom. The second kappa shape index (κ2) is 6.74. The van der Waals surface area contributed by atoms with E-state index in [9.17, 15) is 14.5 Å². The first-order valence-corrected chi connectivity index (χ1v) is 6.82. The molecular formula is C14H10Cl2FNO3. The molecule has 0 saturated carbocycles. The molecule has 4 nitrogen and oxygen atoms in total. The van der Waals surface area contributed by atoms with Gasteiger partial charge in [-0.15, -0.1) is 11.6 Å². The zero-order valence-electron chi connectivity index (χ0n) is 10.7. The SMILES string of the molecule is O=[N+]([O-])c1ccc(Cl)cc1COc1ccc(F)cc1CCl. The Labute approximate surface area is 130 Å². The third-order valence-corrected chi connectivity index (χ3v) is 3.31. The molecule has 0 bridgehead atoms. The molecule has 0 aliphatic carbocycles. The van der Waals surface area contributed by atoms with E-state index in [4.69, 9.17) is 27.9 Å². The van der Waals surface area contributed by atoms with Gasteiger partial charge in [0.25, 0.3) is 5.69 Å². The number of halogens is 3. The van der Waals surface area contributed by atoms with Gasteiger partial charge in [-0.3, -0.25) is 10.1 Å². The smallest absolute Gasteiger partial charge is 0.276 e. The summed E-state index contributed by atoms with van der Waals surface area (Å²) in [6, 6.07) is 8.14. The van der Waals surface area contributed by atoms with E-state index in [0.717, 1.165) is 0 Å². The van der Waals surface area contributed by atoms with Crippen LogP contribution in [0.15, 0.2) is 36.4 Å². The highest BCUT2D eigenvalue weighted by atomic mass is 35.5. The highest BCUT2D eigenvalue weighted by Gasteiger charge is 2.15. The van der Waals surface area contributed by atoms with Crippen LogP contribution in [-0.4, -0.2) is 4.92 Å². The molecule has 0 heterocycles. The third-order valence-electron chi connectivity index (χ3n) is 2.79. The Bertz CT molecular complexity index is 679. The number of nitro groups is 1. The van der Waals surface area contributed by atoms with Crippen molar-refractivity contribution in [2.45, 2.75) is 12.5 Å². The average Bonchev–Trinajstić information content (AvgIpc) is 2.45. The van der Waals surface area contributed by atoms with Crippen molar-refractivity contribution in [2.75, 3.05) is 0 Å². The summed E-state index contributed by atoms with van der Waals surface area (Å²) in [4.78, 5) is 10.4. The first kappa shape index (κ1) is 15.5. The predicted octanol–water partition coefficient (Wildman–Crippen LogP) is 4.71. The zero-order valence-corrected chi connectivity index (χ0v) is 12.2. The van der Waals surface area contributed by atoms with Gasteiger partial charge in [-0.2, -0.15) is 0 Å². The van der Waals surface area contributed by atoms with E-state index in [2.05, 4.69) is 0 Å². The molecule has 0 fully saturated rings. The molecule has 0 aliphatic heterocycles. The lowest BCUT2D eigenvalue weighted by Crippen LogP contribution is -2.02. The Hall–Kier alpha value is -1.85. The van der Waals surface area contributed by atoms with Gasteiger partial charge >= 0.3 is 0 Å². The standard InChI is InChI=1S/C14H10Cl2FNO3/c15-7-9-6-12(17)2-4-14(9)21-8-10-5-11(16)1-3-13(10)18(19)20/h1-6H,7-8H2. The fourth-order valence-corrected chi connectivity index (χ4v) is 2.20. The molecule has 0 N–H and O–H groups in total. The van der Waals surface area contributed by atoms with Crippen LogP contribution in [0.5, 0.6) is 5.75 Å². The summed E-state index contributed by atoms with van der Waals surface area (Å²) in [7, 11) is 0. The monoisotopic (exact) mass is 329 g/mol. The van der Waals surface area contributed by atoms with Crippen LogP contribution in [0.25, 0.3) is 0 Å². The van der Waals surface area contributed by atoms with Crippen LogP contribution in [0, 0.1) is 15.9 Å². The molecule has 0 aliphatic rings. The van der Waals surface area contributed by atoms with Crippen LogP contribution in [0.4, 0.5) is 10.1 Å². The number of benzene rings is 2. The number of hydrogen-bond acceptors (Lipinski definition) is 3. The average molecular weight is 330 g/mol. The molecule has 0 spiro atoms. The van der Waals surface area contributed by atoms with E-state index in [1.807, 2.05) is 0 Å². The minimum Gasteiger partial charge on any atom is -0.488 e. The van der Waals surface area contributed by atoms with Crippen molar-refractivity contribution in [3.05, 3.63) is 68.5 Å². The van der Waals surface area contributed by atoms with Crippen LogP contribution in [0.1, 0.15) is 11.1 Å². The fraction of sp³-hybridized carbons (Fsp3) is 0.143. The Kier molecular flexibility index (Phi) is 4.98. The van der Waals surface area contributed by atoms with E-state index in [-0.39, 0.29) is 18.2 Å². The molecular weight excluding hydrogens is 320 g/mol. The van der Waals surface area contributed by atoms with Gasteiger partial charge in [0.05, 0.1) is 16.4 Å². The molecule has 110 valence electrons. The van der Waals surface area contributed by atoms with E-state index in [1.54, 1.807) is 0 Å². The lowest BCUT2D eigenvalue weighted by Gasteiger charge is -2.10. The van der Waals surface area contributed by atoms with E-state index in [1.165, 1.54) is 36.4 Å². The van der Waals surface area contributed by atoms with Crippen LogP contribution < -0.4 is 4.74 Å². The lowest BCUT2D eigenvalue weighted by molar-refractivity contribution is -0.385. The second-order valence-electron chi connectivity index (χ2n) is 4.20. The summed E-state index contributed by atoms with van der Waals surface area (Å²) in [6.07, 6.45) is 0. The summed E-state index contributed by atoms with van der Waals surface area (Å²) < 4.78 is 18.6. The van der Waals surface area contributed by atoms with Crippen LogP contribution >= 0.6 is 23.2 Å². The summed E-state index contributed by atoms with van der Waals surface area (Å²) in [5.41, 5.74) is 0.715. The molecule has 0 amide bonds. The van der Waals surface area contributed by atoms with Crippen molar-refractivity contribution in [2.24, 2.45) is 0 Å². The molecule has 0 unspecified atom stereocenters. The summed E-state index contributed by atoms with van der Waals surface area (Å²) in [5.74, 6) is 0.0254. The predicted molar refractivity (Wildman–Crippen MR) is 78.4 cm³/mol. The summed E-state index contributed by atoms with van der Waals surface area (Å²) >= 11 is 11.6. The third kappa shape index (κ3) is 3.83. The van der Waals surface area contributed by atoms with Gasteiger partial charge in [-0.1, -0.05) is 11.6 Å². The van der Waals surface area contributed by atoms with E-state index >= 15 is 0 Å². The second-order valence-corrected chi connectivity index (χ2v) is 4.91. The normalized spacial score (nSPS) is 10.4. The van der Waals surface area contributed by atoms with Gasteiger partial charge < -0.3 is 4.74 Å². The van der Waals surface area contributed by atoms with Crippen molar-refractivity contribution >= 4 is 28.9 Å². The maximum absolute atomic E-state index is 13.1. The first-order chi connectivity index (χ1) is 10.0. The van der Waals surface area contributed by atoms with Gasteiger partial charge in [-0.05, 0) is 30.3 Å². The topological polar surface area (TPSA) is 52.4 Å². The Morgan fingerprint density at radius 1 is 1.19 bits per heavy atom. The Morgan fingerprint density at radius 3 is 2.62 bits per heavy atom. The Balaban J connectivity index is 2.24. The molecule has 2 aromatic carbocycles. The first-order valence-electron chi connectivity index (χ1n) is 5.91. The lowest BCUT2D eigenvalue weighted by atomic mass is 10.2. The van der Waals surface area contributed by atoms with Gasteiger partial charge in [0.15, 0.2) is 0 Å². The summed E-state index contributed by atoms with van der Waals surface area (Å²) in [6.45, 7) is -0.0631. The maximum atomic E-state index is 13.1. The van der Waals surface area contributed by atoms with Crippen molar-refractivity contribution in [3.8, 4) is 5.75 Å². The molecule has 0 radical (unpaired) electrons. The van der Waals surface area contributed by atoms with Gasteiger partial charge in [-0.25, -0.2) is 4.39 Å². The van der Waals surface area contributed by atoms with Crippen LogP contribution in [0.2, 0.25) is 5.02 Å². The number of alkyl halides is 1. The zero-order chi connectivity index (χ0) is 15.4. The van der Waals surface area contributed by atoms with E-state index < -0.39 is 10.7 Å². The highest BCUT2D eigenvalue weighted by molar-refractivity contribution is 6.30. The minimum atomic E-state index is -0.512. The number of rotatable bonds is 5. The molecule has 0 saturated heterocycles. The molecule has 2 rings (SSSR count). The highest BCUT2D eigenvalue weighted by Crippen LogP contribution is 2.26. The van der Waals surface area contributed by atoms with Gasteiger partial charge in [0.1, 0.15) is 18.2 Å². The molecule has 21 heavy (non-hydrogen) atoms. The number of hydrogen-bond donors (Lipinski definition) is 0. The number of ether oxygens (including phenoxy) is 1. The van der Waals surface area contributed by atoms with Crippen LogP contribution in [-0.2, 0) is 12.5 Å². The van der Waals surface area contributed by atoms with Crippen LogP contribution in [0.3, 0.4) is 0 Å². The van der Waals surface area contributed by atoms with E-state index in [0.29, 0.717) is 21.9 Å². The molecule has 2 aromatic rings. The molecule has 0 aromatic heterocycles. The molecule has 0 atom stereocenters. The number of nitrogens with zero attached hydrogens (tertiary/aromatic N) is 1. The van der Waals surface area contributed by atoms with Gasteiger partial charge in [0, 0.05) is 16.7 Å². The van der Waals surface area contributed by atoms with Crippen molar-refractivity contribution in [3.63, 3.8) is 0 Å². The molecule has 7 heteroatoms. The van der Waals surface area contributed by atoms with Gasteiger partial charge in [0.2, 0.25) is 0 Å².